The second-order valence-corrected chi connectivity index (χ2v) is 8.11. The fourth-order valence-electron chi connectivity index (χ4n) is 3.79. The number of anilines is 2. The summed E-state index contributed by atoms with van der Waals surface area (Å²) >= 11 is 1.43. The summed E-state index contributed by atoms with van der Waals surface area (Å²) in [7, 11) is 1.66. The molecular weight excluding hydrogens is 404 g/mol. The Bertz CT molecular complexity index is 1000. The summed E-state index contributed by atoms with van der Waals surface area (Å²) < 4.78 is 21.0. The standard InChI is InChI=1S/C20H24N6O3S/c1-27-12-18-23-20(30-24-18)26-7-5-25(6-8-26)14-2-3-17-16(10-14)19(22-13-21-17)29-15-4-9-28-11-15/h2-3,10,13,15H,4-9,11-12H2,1H3. The van der Waals surface area contributed by atoms with Crippen molar-refractivity contribution in [3.63, 3.8) is 0 Å². The molecule has 0 aliphatic carbocycles. The number of piperazine rings is 1. The van der Waals surface area contributed by atoms with Gasteiger partial charge in [0.25, 0.3) is 0 Å². The summed E-state index contributed by atoms with van der Waals surface area (Å²) in [5.74, 6) is 1.38. The number of methoxy groups -OCH3 is 1. The molecule has 2 saturated heterocycles. The molecule has 0 amide bonds. The lowest BCUT2D eigenvalue weighted by molar-refractivity contribution is 0.139. The maximum absolute atomic E-state index is 6.10. The molecule has 10 heteroatoms. The molecule has 1 unspecified atom stereocenters. The Hall–Kier alpha value is -2.56. The van der Waals surface area contributed by atoms with Gasteiger partial charge < -0.3 is 24.0 Å². The van der Waals surface area contributed by atoms with Crippen LogP contribution >= 0.6 is 11.5 Å². The average Bonchev–Trinajstić information content (AvgIpc) is 3.47. The Kier molecular flexibility index (Phi) is 5.60. The largest absolute Gasteiger partial charge is 0.471 e. The van der Waals surface area contributed by atoms with Gasteiger partial charge >= 0.3 is 0 Å². The number of ether oxygens (including phenoxy) is 3. The smallest absolute Gasteiger partial charge is 0.224 e. The van der Waals surface area contributed by atoms with Gasteiger partial charge in [0.1, 0.15) is 19.0 Å². The van der Waals surface area contributed by atoms with Crippen LogP contribution in [0.25, 0.3) is 10.9 Å². The first kappa shape index (κ1) is 19.4. The molecule has 3 aromatic rings. The summed E-state index contributed by atoms with van der Waals surface area (Å²) in [5, 5.41) is 1.90. The lowest BCUT2D eigenvalue weighted by atomic mass is 10.2. The van der Waals surface area contributed by atoms with Crippen molar-refractivity contribution in [2.75, 3.05) is 56.3 Å². The van der Waals surface area contributed by atoms with Crippen molar-refractivity contribution >= 4 is 33.3 Å². The van der Waals surface area contributed by atoms with Crippen LogP contribution in [0.4, 0.5) is 10.8 Å². The van der Waals surface area contributed by atoms with E-state index < -0.39 is 0 Å². The van der Waals surface area contributed by atoms with E-state index in [0.717, 1.165) is 66.8 Å². The third-order valence-corrected chi connectivity index (χ3v) is 6.21. The quantitative estimate of drug-likeness (QED) is 0.586. The molecule has 0 bridgehead atoms. The van der Waals surface area contributed by atoms with Crippen LogP contribution in [0.3, 0.4) is 0 Å². The van der Waals surface area contributed by atoms with Gasteiger partial charge in [0.15, 0.2) is 5.82 Å². The summed E-state index contributed by atoms with van der Waals surface area (Å²) in [6.45, 7) is 5.42. The predicted molar refractivity (Wildman–Crippen MR) is 114 cm³/mol. The molecule has 1 aromatic carbocycles. The first-order chi connectivity index (χ1) is 14.8. The highest BCUT2D eigenvalue weighted by molar-refractivity contribution is 7.09. The lowest BCUT2D eigenvalue weighted by Crippen LogP contribution is -2.46. The zero-order chi connectivity index (χ0) is 20.3. The van der Waals surface area contributed by atoms with E-state index in [9.17, 15) is 0 Å². The van der Waals surface area contributed by atoms with Gasteiger partial charge in [0, 0.05) is 56.9 Å². The number of nitrogens with zero attached hydrogens (tertiary/aromatic N) is 6. The number of hydrogen-bond acceptors (Lipinski definition) is 10. The van der Waals surface area contributed by atoms with Crippen LogP contribution in [-0.4, -0.2) is 71.9 Å². The minimum atomic E-state index is 0.0604. The van der Waals surface area contributed by atoms with Crippen LogP contribution < -0.4 is 14.5 Å². The Morgan fingerprint density at radius 2 is 2.03 bits per heavy atom. The van der Waals surface area contributed by atoms with Crippen LogP contribution in [0.15, 0.2) is 24.5 Å². The zero-order valence-electron chi connectivity index (χ0n) is 16.9. The number of rotatable bonds is 6. The highest BCUT2D eigenvalue weighted by atomic mass is 32.1. The molecule has 4 heterocycles. The van der Waals surface area contributed by atoms with Gasteiger partial charge in [-0.15, -0.1) is 0 Å². The highest BCUT2D eigenvalue weighted by Crippen LogP contribution is 2.29. The molecule has 2 aliphatic heterocycles. The van der Waals surface area contributed by atoms with E-state index in [1.807, 2.05) is 6.07 Å². The van der Waals surface area contributed by atoms with E-state index in [4.69, 9.17) is 14.2 Å². The van der Waals surface area contributed by atoms with E-state index in [-0.39, 0.29) is 6.10 Å². The molecule has 158 valence electrons. The monoisotopic (exact) mass is 428 g/mol. The molecule has 0 spiro atoms. The molecule has 30 heavy (non-hydrogen) atoms. The number of aromatic nitrogens is 4. The van der Waals surface area contributed by atoms with Crippen LogP contribution in [0.5, 0.6) is 5.88 Å². The second kappa shape index (κ2) is 8.66. The molecule has 0 N–H and O–H groups in total. The third-order valence-electron chi connectivity index (χ3n) is 5.39. The Morgan fingerprint density at radius 1 is 1.17 bits per heavy atom. The topological polar surface area (TPSA) is 85.7 Å². The second-order valence-electron chi connectivity index (χ2n) is 7.38. The van der Waals surface area contributed by atoms with Gasteiger partial charge in [0.05, 0.1) is 24.1 Å². The lowest BCUT2D eigenvalue weighted by Gasteiger charge is -2.35. The minimum absolute atomic E-state index is 0.0604. The Morgan fingerprint density at radius 3 is 2.83 bits per heavy atom. The summed E-state index contributed by atoms with van der Waals surface area (Å²) in [6, 6.07) is 6.30. The van der Waals surface area contributed by atoms with Crippen molar-refractivity contribution in [3.8, 4) is 5.88 Å². The van der Waals surface area contributed by atoms with Crippen molar-refractivity contribution in [1.29, 1.82) is 0 Å². The predicted octanol–water partition coefficient (Wildman–Crippen LogP) is 2.12. The van der Waals surface area contributed by atoms with Gasteiger partial charge in [-0.3, -0.25) is 0 Å². The molecule has 0 saturated carbocycles. The van der Waals surface area contributed by atoms with Gasteiger partial charge in [-0.2, -0.15) is 4.37 Å². The van der Waals surface area contributed by atoms with Crippen molar-refractivity contribution in [1.82, 2.24) is 19.3 Å². The fraction of sp³-hybridized carbons (Fsp3) is 0.500. The number of fused-ring (bicyclic) bond motifs is 1. The van der Waals surface area contributed by atoms with E-state index in [0.29, 0.717) is 19.1 Å². The maximum Gasteiger partial charge on any atom is 0.224 e. The molecule has 9 nitrogen and oxygen atoms in total. The van der Waals surface area contributed by atoms with Crippen LogP contribution in [0.2, 0.25) is 0 Å². The van der Waals surface area contributed by atoms with Crippen LogP contribution in [0, 0.1) is 0 Å². The molecular formula is C20H24N6O3S. The normalized spacial score (nSPS) is 19.6. The summed E-state index contributed by atoms with van der Waals surface area (Å²) in [4.78, 5) is 18.0. The first-order valence-electron chi connectivity index (χ1n) is 10.1. The molecule has 0 radical (unpaired) electrons. The summed E-state index contributed by atoms with van der Waals surface area (Å²) in [6.07, 6.45) is 2.52. The molecule has 1 atom stereocenters. The fourth-order valence-corrected chi connectivity index (χ4v) is 4.52. The van der Waals surface area contributed by atoms with E-state index in [2.05, 4.69) is 41.3 Å². The summed E-state index contributed by atoms with van der Waals surface area (Å²) in [5.41, 5.74) is 2.04. The van der Waals surface area contributed by atoms with E-state index in [1.165, 1.54) is 11.5 Å². The van der Waals surface area contributed by atoms with Crippen molar-refractivity contribution in [2.45, 2.75) is 19.1 Å². The third kappa shape index (κ3) is 4.03. The molecule has 2 aromatic heterocycles. The van der Waals surface area contributed by atoms with Gasteiger partial charge in [-0.1, -0.05) is 0 Å². The van der Waals surface area contributed by atoms with Crippen molar-refractivity contribution in [2.24, 2.45) is 0 Å². The Balaban J connectivity index is 1.30. The van der Waals surface area contributed by atoms with E-state index >= 15 is 0 Å². The highest BCUT2D eigenvalue weighted by Gasteiger charge is 2.22. The van der Waals surface area contributed by atoms with Crippen LogP contribution in [-0.2, 0) is 16.1 Å². The Labute approximate surface area is 178 Å². The zero-order valence-corrected chi connectivity index (χ0v) is 17.7. The van der Waals surface area contributed by atoms with Gasteiger partial charge in [0.2, 0.25) is 11.0 Å². The van der Waals surface area contributed by atoms with Crippen molar-refractivity contribution in [3.05, 3.63) is 30.4 Å². The maximum atomic E-state index is 6.10. The van der Waals surface area contributed by atoms with Crippen molar-refractivity contribution < 1.29 is 14.2 Å². The van der Waals surface area contributed by atoms with E-state index in [1.54, 1.807) is 13.4 Å². The van der Waals surface area contributed by atoms with Gasteiger partial charge in [-0.25, -0.2) is 15.0 Å². The van der Waals surface area contributed by atoms with Gasteiger partial charge in [-0.05, 0) is 18.2 Å². The molecule has 2 aliphatic rings. The minimum Gasteiger partial charge on any atom is -0.471 e. The SMILES string of the molecule is COCc1nsc(N2CCN(c3ccc4ncnc(OC5CCOC5)c4c3)CC2)n1. The first-order valence-corrected chi connectivity index (χ1v) is 10.9. The van der Waals surface area contributed by atoms with Crippen LogP contribution in [0.1, 0.15) is 12.2 Å². The number of benzene rings is 1. The number of hydrogen-bond donors (Lipinski definition) is 0. The average molecular weight is 429 g/mol. The molecule has 5 rings (SSSR count). The molecule has 2 fully saturated rings.